The molecule has 0 amide bonds. The normalized spacial score (nSPS) is 39.5. The Balaban J connectivity index is 2.22. The number of hydrogen-bond donors (Lipinski definition) is 0. The summed E-state index contributed by atoms with van der Waals surface area (Å²) in [6, 6.07) is 0. The molecule has 0 aromatic carbocycles. The van der Waals surface area contributed by atoms with Gasteiger partial charge in [-0.25, -0.2) is 0 Å². The van der Waals surface area contributed by atoms with Gasteiger partial charge < -0.3 is 0 Å². The Morgan fingerprint density at radius 2 is 2.31 bits per heavy atom. The van der Waals surface area contributed by atoms with Crippen LogP contribution in [0, 0.1) is 11.3 Å². The van der Waals surface area contributed by atoms with E-state index in [0.717, 1.165) is 5.92 Å². The van der Waals surface area contributed by atoms with Crippen LogP contribution in [0.25, 0.3) is 0 Å². The minimum atomic E-state index is 0.658. The Labute approximate surface area is 82.4 Å². The molecule has 0 nitrogen and oxygen atoms in total. The summed E-state index contributed by atoms with van der Waals surface area (Å²) in [6.45, 7) is 4.80. The van der Waals surface area contributed by atoms with Crippen molar-refractivity contribution in [3.8, 4) is 0 Å². The van der Waals surface area contributed by atoms with E-state index < -0.39 is 0 Å². The molecule has 0 N–H and O–H groups in total. The first-order valence-electron chi connectivity index (χ1n) is 5.96. The van der Waals surface area contributed by atoms with Crippen LogP contribution in [0.3, 0.4) is 0 Å². The van der Waals surface area contributed by atoms with Gasteiger partial charge >= 0.3 is 0 Å². The average Bonchev–Trinajstić information content (AvgIpc) is 2.18. The standard InChI is InChI=1S/C13H22/c1-3-13-8-5-4-6-12(13)10-11(2)7-9-13/h6,11H,3-5,7-10H2,1-2H3/t11-,13-/m0/s1. The predicted octanol–water partition coefficient (Wildman–Crippen LogP) is 4.31. The lowest BCUT2D eigenvalue weighted by molar-refractivity contribution is 0.197. The molecule has 2 atom stereocenters. The highest BCUT2D eigenvalue weighted by Gasteiger charge is 2.37. The van der Waals surface area contributed by atoms with E-state index in [1.807, 2.05) is 5.57 Å². The van der Waals surface area contributed by atoms with Gasteiger partial charge in [0, 0.05) is 0 Å². The highest BCUT2D eigenvalue weighted by molar-refractivity contribution is 5.20. The third-order valence-corrected chi connectivity index (χ3v) is 4.29. The molecule has 0 aliphatic heterocycles. The van der Waals surface area contributed by atoms with Gasteiger partial charge in [-0.3, -0.25) is 0 Å². The second-order valence-corrected chi connectivity index (χ2v) is 5.10. The van der Waals surface area contributed by atoms with Crippen LogP contribution >= 0.6 is 0 Å². The third-order valence-electron chi connectivity index (χ3n) is 4.29. The fourth-order valence-electron chi connectivity index (χ4n) is 3.26. The van der Waals surface area contributed by atoms with Crippen molar-refractivity contribution in [1.82, 2.24) is 0 Å². The molecule has 2 aliphatic carbocycles. The first kappa shape index (κ1) is 9.30. The largest absolute Gasteiger partial charge is 0.0848 e. The van der Waals surface area contributed by atoms with E-state index in [2.05, 4.69) is 19.9 Å². The Bertz CT molecular complexity index is 214. The average molecular weight is 178 g/mol. The quantitative estimate of drug-likeness (QED) is 0.525. The van der Waals surface area contributed by atoms with E-state index in [4.69, 9.17) is 0 Å². The van der Waals surface area contributed by atoms with Crippen molar-refractivity contribution < 1.29 is 0 Å². The van der Waals surface area contributed by atoms with Crippen LogP contribution in [0.1, 0.15) is 58.8 Å². The Kier molecular flexibility index (Phi) is 2.49. The van der Waals surface area contributed by atoms with Crippen LogP contribution in [0.5, 0.6) is 0 Å². The van der Waals surface area contributed by atoms with Crippen molar-refractivity contribution in [2.45, 2.75) is 58.8 Å². The molecule has 13 heavy (non-hydrogen) atoms. The topological polar surface area (TPSA) is 0 Å². The van der Waals surface area contributed by atoms with Gasteiger partial charge in [0.15, 0.2) is 0 Å². The lowest BCUT2D eigenvalue weighted by atomic mass is 9.61. The molecule has 0 aromatic rings. The van der Waals surface area contributed by atoms with Gasteiger partial charge in [-0.1, -0.05) is 25.5 Å². The van der Waals surface area contributed by atoms with Crippen LogP contribution in [0.4, 0.5) is 0 Å². The van der Waals surface area contributed by atoms with E-state index in [0.29, 0.717) is 5.41 Å². The van der Waals surface area contributed by atoms with Crippen LogP contribution < -0.4 is 0 Å². The summed E-state index contributed by atoms with van der Waals surface area (Å²) in [5, 5.41) is 0. The van der Waals surface area contributed by atoms with Crippen LogP contribution in [0.15, 0.2) is 11.6 Å². The van der Waals surface area contributed by atoms with Crippen LogP contribution in [-0.2, 0) is 0 Å². The molecule has 0 spiro atoms. The molecule has 1 fully saturated rings. The van der Waals surface area contributed by atoms with Gasteiger partial charge in [0.2, 0.25) is 0 Å². The first-order valence-corrected chi connectivity index (χ1v) is 5.96. The molecule has 0 aromatic heterocycles. The lowest BCUT2D eigenvalue weighted by Gasteiger charge is -2.44. The number of hydrogen-bond acceptors (Lipinski definition) is 0. The van der Waals surface area contributed by atoms with Crippen molar-refractivity contribution in [3.05, 3.63) is 11.6 Å². The Morgan fingerprint density at radius 1 is 1.46 bits per heavy atom. The summed E-state index contributed by atoms with van der Waals surface area (Å²) in [5.41, 5.74) is 2.48. The molecular weight excluding hydrogens is 156 g/mol. The van der Waals surface area contributed by atoms with Crippen LogP contribution in [0.2, 0.25) is 0 Å². The maximum absolute atomic E-state index is 2.56. The monoisotopic (exact) mass is 178 g/mol. The number of fused-ring (bicyclic) bond motifs is 1. The molecule has 0 saturated heterocycles. The van der Waals surface area contributed by atoms with E-state index in [9.17, 15) is 0 Å². The van der Waals surface area contributed by atoms with Crippen molar-refractivity contribution >= 4 is 0 Å². The van der Waals surface area contributed by atoms with E-state index in [-0.39, 0.29) is 0 Å². The number of rotatable bonds is 1. The highest BCUT2D eigenvalue weighted by Crippen LogP contribution is 2.50. The minimum Gasteiger partial charge on any atom is -0.0848 e. The maximum atomic E-state index is 2.56. The molecular formula is C13H22. The third kappa shape index (κ3) is 1.56. The van der Waals surface area contributed by atoms with Crippen molar-refractivity contribution in [1.29, 1.82) is 0 Å². The molecule has 0 bridgehead atoms. The van der Waals surface area contributed by atoms with Gasteiger partial charge in [-0.15, -0.1) is 0 Å². The molecule has 2 aliphatic rings. The fraction of sp³-hybridized carbons (Fsp3) is 0.846. The van der Waals surface area contributed by atoms with Crippen molar-refractivity contribution in [3.63, 3.8) is 0 Å². The molecule has 0 heteroatoms. The summed E-state index contributed by atoms with van der Waals surface area (Å²) < 4.78 is 0. The zero-order chi connectivity index (χ0) is 9.31. The SMILES string of the molecule is CC[C@@]12CCCC=C1C[C@@H](C)CC2. The Hall–Kier alpha value is -0.260. The summed E-state index contributed by atoms with van der Waals surface area (Å²) in [7, 11) is 0. The Morgan fingerprint density at radius 3 is 3.08 bits per heavy atom. The van der Waals surface area contributed by atoms with Crippen molar-refractivity contribution in [2.75, 3.05) is 0 Å². The zero-order valence-corrected chi connectivity index (χ0v) is 9.10. The van der Waals surface area contributed by atoms with Crippen molar-refractivity contribution in [2.24, 2.45) is 11.3 Å². The minimum absolute atomic E-state index is 0.658. The van der Waals surface area contributed by atoms with Gasteiger partial charge in [0.25, 0.3) is 0 Å². The van der Waals surface area contributed by atoms with Gasteiger partial charge in [-0.05, 0) is 56.3 Å². The fourth-order valence-corrected chi connectivity index (χ4v) is 3.26. The van der Waals surface area contributed by atoms with Crippen LogP contribution in [-0.4, -0.2) is 0 Å². The summed E-state index contributed by atoms with van der Waals surface area (Å²) in [6.07, 6.45) is 12.5. The highest BCUT2D eigenvalue weighted by atomic mass is 14.4. The predicted molar refractivity (Wildman–Crippen MR) is 57.7 cm³/mol. The second-order valence-electron chi connectivity index (χ2n) is 5.10. The smallest absolute Gasteiger partial charge is 0.00904 e. The van der Waals surface area contributed by atoms with E-state index in [1.54, 1.807) is 0 Å². The molecule has 2 rings (SSSR count). The molecule has 1 saturated carbocycles. The van der Waals surface area contributed by atoms with Gasteiger partial charge in [-0.2, -0.15) is 0 Å². The first-order chi connectivity index (χ1) is 6.27. The number of allylic oxidation sites excluding steroid dienone is 2. The summed E-state index contributed by atoms with van der Waals surface area (Å²) in [4.78, 5) is 0. The van der Waals surface area contributed by atoms with E-state index >= 15 is 0 Å². The maximum Gasteiger partial charge on any atom is -0.00904 e. The molecule has 74 valence electrons. The summed E-state index contributed by atoms with van der Waals surface area (Å²) in [5.74, 6) is 0.948. The van der Waals surface area contributed by atoms with Gasteiger partial charge in [0.1, 0.15) is 0 Å². The summed E-state index contributed by atoms with van der Waals surface area (Å²) >= 11 is 0. The molecule has 0 radical (unpaired) electrons. The second kappa shape index (κ2) is 3.48. The van der Waals surface area contributed by atoms with Gasteiger partial charge in [0.05, 0.1) is 0 Å². The lowest BCUT2D eigenvalue weighted by Crippen LogP contribution is -2.30. The zero-order valence-electron chi connectivity index (χ0n) is 9.10. The molecule has 0 heterocycles. The van der Waals surface area contributed by atoms with E-state index in [1.165, 1.54) is 44.9 Å². The molecule has 0 unspecified atom stereocenters.